The van der Waals surface area contributed by atoms with Gasteiger partial charge in [-0.2, -0.15) is 0 Å². The number of anilines is 1. The maximum Gasteiger partial charge on any atom is 0.238 e. The molecule has 5 nitrogen and oxygen atoms in total. The quantitative estimate of drug-likeness (QED) is 0.819. The standard InChI is InChI=1S/C8H12ClN3O2/c1-5(3-13-2)14-8-6(9)7(10)11-4-12-8/h4-5H,3H2,1-2H3,(H2,10,11,12). The van der Waals surface area contributed by atoms with Gasteiger partial charge in [0.05, 0.1) is 6.61 Å². The molecule has 0 saturated carbocycles. The Bertz CT molecular complexity index is 309. The Balaban J connectivity index is 2.71. The lowest BCUT2D eigenvalue weighted by molar-refractivity contribution is 0.0890. The molecule has 2 N–H and O–H groups in total. The number of nitrogen functional groups attached to an aromatic ring is 1. The van der Waals surface area contributed by atoms with Crippen molar-refractivity contribution in [3.8, 4) is 5.88 Å². The van der Waals surface area contributed by atoms with E-state index in [4.69, 9.17) is 26.8 Å². The zero-order chi connectivity index (χ0) is 10.6. The molecule has 0 spiro atoms. The average Bonchev–Trinajstić information content (AvgIpc) is 2.13. The Morgan fingerprint density at radius 2 is 2.29 bits per heavy atom. The minimum absolute atomic E-state index is 0.133. The van der Waals surface area contributed by atoms with Crippen LogP contribution in [0.5, 0.6) is 5.88 Å². The van der Waals surface area contributed by atoms with Crippen molar-refractivity contribution in [2.75, 3.05) is 19.5 Å². The molecule has 0 aliphatic heterocycles. The zero-order valence-corrected chi connectivity index (χ0v) is 8.78. The number of methoxy groups -OCH3 is 1. The second-order valence-corrected chi connectivity index (χ2v) is 3.14. The van der Waals surface area contributed by atoms with Crippen molar-refractivity contribution in [3.63, 3.8) is 0 Å². The van der Waals surface area contributed by atoms with Crippen LogP contribution in [0.4, 0.5) is 5.82 Å². The van der Waals surface area contributed by atoms with Gasteiger partial charge < -0.3 is 15.2 Å². The van der Waals surface area contributed by atoms with Crippen molar-refractivity contribution in [2.24, 2.45) is 0 Å². The van der Waals surface area contributed by atoms with Gasteiger partial charge in [0.15, 0.2) is 0 Å². The molecule has 0 saturated heterocycles. The molecule has 0 aliphatic carbocycles. The monoisotopic (exact) mass is 217 g/mol. The first-order valence-corrected chi connectivity index (χ1v) is 4.44. The molecule has 1 aromatic heterocycles. The van der Waals surface area contributed by atoms with Crippen molar-refractivity contribution >= 4 is 17.4 Å². The fraction of sp³-hybridized carbons (Fsp3) is 0.500. The molecule has 0 bridgehead atoms. The first-order valence-electron chi connectivity index (χ1n) is 4.06. The summed E-state index contributed by atoms with van der Waals surface area (Å²) >= 11 is 5.82. The summed E-state index contributed by atoms with van der Waals surface area (Å²) in [6.07, 6.45) is 1.17. The van der Waals surface area contributed by atoms with Gasteiger partial charge in [-0.1, -0.05) is 11.6 Å². The summed E-state index contributed by atoms with van der Waals surface area (Å²) < 4.78 is 10.3. The van der Waals surface area contributed by atoms with Crippen molar-refractivity contribution < 1.29 is 9.47 Å². The summed E-state index contributed by atoms with van der Waals surface area (Å²) in [7, 11) is 1.59. The normalized spacial score (nSPS) is 12.5. The first kappa shape index (κ1) is 11.0. The highest BCUT2D eigenvalue weighted by Gasteiger charge is 2.11. The van der Waals surface area contributed by atoms with Crippen molar-refractivity contribution in [2.45, 2.75) is 13.0 Å². The van der Waals surface area contributed by atoms with Crippen molar-refractivity contribution in [1.29, 1.82) is 0 Å². The third-order valence-corrected chi connectivity index (χ3v) is 1.85. The summed E-state index contributed by atoms with van der Waals surface area (Å²) in [4.78, 5) is 7.58. The van der Waals surface area contributed by atoms with E-state index in [1.54, 1.807) is 7.11 Å². The molecule has 0 fully saturated rings. The van der Waals surface area contributed by atoms with Gasteiger partial charge in [0.1, 0.15) is 23.3 Å². The lowest BCUT2D eigenvalue weighted by Crippen LogP contribution is -2.19. The minimum atomic E-state index is -0.133. The Kier molecular flexibility index (Phi) is 3.91. The molecular weight excluding hydrogens is 206 g/mol. The Labute approximate surface area is 87.2 Å². The number of halogens is 1. The molecule has 0 aromatic carbocycles. The van der Waals surface area contributed by atoms with E-state index in [1.165, 1.54) is 6.33 Å². The van der Waals surface area contributed by atoms with Gasteiger partial charge in [0.2, 0.25) is 5.88 Å². The number of ether oxygens (including phenoxy) is 2. The predicted octanol–water partition coefficient (Wildman–Crippen LogP) is 1.13. The van der Waals surface area contributed by atoms with Gasteiger partial charge in [-0.05, 0) is 6.92 Å². The molecule has 78 valence electrons. The molecule has 1 aromatic rings. The topological polar surface area (TPSA) is 70.3 Å². The van der Waals surface area contributed by atoms with E-state index in [2.05, 4.69) is 9.97 Å². The Hall–Kier alpha value is -1.07. The van der Waals surface area contributed by atoms with Crippen molar-refractivity contribution in [1.82, 2.24) is 9.97 Å². The number of nitrogens with zero attached hydrogens (tertiary/aromatic N) is 2. The van der Waals surface area contributed by atoms with E-state index < -0.39 is 0 Å². The largest absolute Gasteiger partial charge is 0.471 e. The van der Waals surface area contributed by atoms with Crippen LogP contribution in [-0.4, -0.2) is 29.8 Å². The van der Waals surface area contributed by atoms with Crippen LogP contribution in [0.15, 0.2) is 6.33 Å². The number of aromatic nitrogens is 2. The molecule has 0 radical (unpaired) electrons. The molecule has 1 rings (SSSR count). The van der Waals surface area contributed by atoms with Gasteiger partial charge in [-0.25, -0.2) is 9.97 Å². The SMILES string of the molecule is COCC(C)Oc1ncnc(N)c1Cl. The van der Waals surface area contributed by atoms with E-state index in [0.29, 0.717) is 6.61 Å². The highest BCUT2D eigenvalue weighted by molar-refractivity contribution is 6.33. The molecule has 1 unspecified atom stereocenters. The lowest BCUT2D eigenvalue weighted by Gasteiger charge is -2.13. The molecule has 0 aliphatic rings. The van der Waals surface area contributed by atoms with Crippen LogP contribution in [0.2, 0.25) is 5.02 Å². The van der Waals surface area contributed by atoms with Crippen LogP contribution in [0, 0.1) is 0 Å². The highest BCUT2D eigenvalue weighted by Crippen LogP contribution is 2.25. The maximum absolute atomic E-state index is 5.82. The third kappa shape index (κ3) is 2.71. The van der Waals surface area contributed by atoms with E-state index >= 15 is 0 Å². The minimum Gasteiger partial charge on any atom is -0.471 e. The molecule has 1 atom stereocenters. The second-order valence-electron chi connectivity index (χ2n) is 2.76. The van der Waals surface area contributed by atoms with E-state index in [1.807, 2.05) is 6.92 Å². The number of hydrogen-bond donors (Lipinski definition) is 1. The molecule has 1 heterocycles. The van der Waals surface area contributed by atoms with Crippen LogP contribution in [0.1, 0.15) is 6.92 Å². The number of rotatable bonds is 4. The molecule has 14 heavy (non-hydrogen) atoms. The van der Waals surface area contributed by atoms with Gasteiger partial charge in [0, 0.05) is 7.11 Å². The van der Waals surface area contributed by atoms with Gasteiger partial charge in [-0.3, -0.25) is 0 Å². The predicted molar refractivity (Wildman–Crippen MR) is 53.4 cm³/mol. The zero-order valence-electron chi connectivity index (χ0n) is 8.03. The smallest absolute Gasteiger partial charge is 0.238 e. The van der Waals surface area contributed by atoms with Crippen LogP contribution in [0.3, 0.4) is 0 Å². The summed E-state index contributed by atoms with van der Waals surface area (Å²) in [5.41, 5.74) is 5.48. The average molecular weight is 218 g/mol. The molecule has 0 amide bonds. The maximum atomic E-state index is 5.82. The summed E-state index contributed by atoms with van der Waals surface area (Å²) in [6, 6.07) is 0. The van der Waals surface area contributed by atoms with Gasteiger partial charge in [0.25, 0.3) is 0 Å². The fourth-order valence-electron chi connectivity index (χ4n) is 0.908. The van der Waals surface area contributed by atoms with Crippen LogP contribution in [0.25, 0.3) is 0 Å². The Morgan fingerprint density at radius 3 is 2.93 bits per heavy atom. The highest BCUT2D eigenvalue weighted by atomic mass is 35.5. The van der Waals surface area contributed by atoms with Gasteiger partial charge >= 0.3 is 0 Å². The molecular formula is C8H12ClN3O2. The van der Waals surface area contributed by atoms with Crippen LogP contribution >= 0.6 is 11.6 Å². The molecule has 6 heteroatoms. The van der Waals surface area contributed by atoms with E-state index in [9.17, 15) is 0 Å². The van der Waals surface area contributed by atoms with Crippen molar-refractivity contribution in [3.05, 3.63) is 11.3 Å². The lowest BCUT2D eigenvalue weighted by atomic mass is 10.4. The van der Waals surface area contributed by atoms with Crippen LogP contribution in [-0.2, 0) is 4.74 Å². The second kappa shape index (κ2) is 4.97. The summed E-state index contributed by atoms with van der Waals surface area (Å²) in [6.45, 7) is 2.30. The van der Waals surface area contributed by atoms with Gasteiger partial charge in [-0.15, -0.1) is 0 Å². The third-order valence-electron chi connectivity index (χ3n) is 1.50. The van der Waals surface area contributed by atoms with E-state index in [0.717, 1.165) is 0 Å². The van der Waals surface area contributed by atoms with E-state index in [-0.39, 0.29) is 22.8 Å². The van der Waals surface area contributed by atoms with Crippen LogP contribution < -0.4 is 10.5 Å². The number of nitrogens with two attached hydrogens (primary N) is 1. The summed E-state index contributed by atoms with van der Waals surface area (Å²) in [5.74, 6) is 0.491. The fourth-order valence-corrected chi connectivity index (χ4v) is 1.05. The summed E-state index contributed by atoms with van der Waals surface area (Å²) in [5, 5.41) is 0.232. The first-order chi connectivity index (χ1) is 6.65. The number of hydrogen-bond acceptors (Lipinski definition) is 5. The Morgan fingerprint density at radius 1 is 1.57 bits per heavy atom.